The van der Waals surface area contributed by atoms with Gasteiger partial charge in [0.15, 0.2) is 5.75 Å². The average Bonchev–Trinajstić information content (AvgIpc) is 2.42. The quantitative estimate of drug-likeness (QED) is 0.565. The maximum Gasteiger partial charge on any atom is 0.272 e. The maximum atomic E-state index is 10.7. The summed E-state index contributed by atoms with van der Waals surface area (Å²) >= 11 is 17.7. The summed E-state index contributed by atoms with van der Waals surface area (Å²) in [6, 6.07) is 8.59. The van der Waals surface area contributed by atoms with Gasteiger partial charge in [0.25, 0.3) is 5.69 Å². The number of halogens is 3. The van der Waals surface area contributed by atoms with Crippen molar-refractivity contribution in [1.29, 1.82) is 5.26 Å². The molecular formula is C13H5Cl3N2O3. The van der Waals surface area contributed by atoms with Crippen LogP contribution in [-0.2, 0) is 0 Å². The van der Waals surface area contributed by atoms with E-state index in [4.69, 9.17) is 44.8 Å². The van der Waals surface area contributed by atoms with Crippen molar-refractivity contribution in [1.82, 2.24) is 0 Å². The minimum atomic E-state index is -0.611. The highest BCUT2D eigenvalue weighted by Gasteiger charge is 2.16. The summed E-state index contributed by atoms with van der Waals surface area (Å²) in [7, 11) is 0. The van der Waals surface area contributed by atoms with Gasteiger partial charge < -0.3 is 4.74 Å². The predicted octanol–water partition coefficient (Wildman–Crippen LogP) is 5.22. The van der Waals surface area contributed by atoms with Crippen LogP contribution in [0, 0.1) is 21.4 Å². The van der Waals surface area contributed by atoms with Crippen molar-refractivity contribution in [2.45, 2.75) is 0 Å². The highest BCUT2D eigenvalue weighted by Crippen LogP contribution is 2.39. The van der Waals surface area contributed by atoms with E-state index in [0.29, 0.717) is 11.3 Å². The van der Waals surface area contributed by atoms with Gasteiger partial charge in [-0.05, 0) is 12.1 Å². The van der Waals surface area contributed by atoms with Crippen LogP contribution in [0.15, 0.2) is 30.3 Å². The lowest BCUT2D eigenvalue weighted by molar-refractivity contribution is -0.384. The predicted molar refractivity (Wildman–Crippen MR) is 79.4 cm³/mol. The number of nitro benzene ring substituents is 1. The van der Waals surface area contributed by atoms with E-state index in [2.05, 4.69) is 0 Å². The van der Waals surface area contributed by atoms with Crippen LogP contribution in [0.2, 0.25) is 15.1 Å². The van der Waals surface area contributed by atoms with Crippen molar-refractivity contribution in [3.8, 4) is 17.6 Å². The number of benzene rings is 2. The van der Waals surface area contributed by atoms with Crippen LogP contribution in [0.3, 0.4) is 0 Å². The monoisotopic (exact) mass is 342 g/mol. The normalized spacial score (nSPS) is 10.0. The largest absolute Gasteiger partial charge is 0.454 e. The average molecular weight is 344 g/mol. The molecule has 2 rings (SSSR count). The Morgan fingerprint density at radius 1 is 1.10 bits per heavy atom. The number of hydrogen-bond acceptors (Lipinski definition) is 4. The van der Waals surface area contributed by atoms with Gasteiger partial charge in [-0.15, -0.1) is 0 Å². The molecule has 0 saturated heterocycles. The number of nitrogens with zero attached hydrogens (tertiary/aromatic N) is 2. The molecule has 2 aromatic rings. The summed E-state index contributed by atoms with van der Waals surface area (Å²) in [6.07, 6.45) is 0. The van der Waals surface area contributed by atoms with Crippen molar-refractivity contribution in [2.75, 3.05) is 0 Å². The molecule has 0 unspecified atom stereocenters. The lowest BCUT2D eigenvalue weighted by Gasteiger charge is -2.10. The minimum absolute atomic E-state index is 0.00492. The Balaban J connectivity index is 2.38. The van der Waals surface area contributed by atoms with Crippen molar-refractivity contribution in [3.63, 3.8) is 0 Å². The zero-order valence-electron chi connectivity index (χ0n) is 10.1. The molecule has 8 heteroatoms. The van der Waals surface area contributed by atoms with E-state index in [9.17, 15) is 10.1 Å². The Labute approximate surface area is 134 Å². The van der Waals surface area contributed by atoms with Crippen molar-refractivity contribution < 1.29 is 9.66 Å². The molecule has 0 fully saturated rings. The van der Waals surface area contributed by atoms with E-state index in [1.54, 1.807) is 0 Å². The van der Waals surface area contributed by atoms with Crippen LogP contribution in [-0.4, -0.2) is 4.92 Å². The fraction of sp³-hybridized carbons (Fsp3) is 0. The molecule has 2 aromatic carbocycles. The van der Waals surface area contributed by atoms with Gasteiger partial charge in [-0.2, -0.15) is 5.26 Å². The number of rotatable bonds is 3. The van der Waals surface area contributed by atoms with Gasteiger partial charge in [0.05, 0.1) is 25.6 Å². The van der Waals surface area contributed by atoms with E-state index in [1.807, 2.05) is 6.07 Å². The zero-order chi connectivity index (χ0) is 15.6. The highest BCUT2D eigenvalue weighted by molar-refractivity contribution is 6.37. The van der Waals surface area contributed by atoms with Crippen molar-refractivity contribution >= 4 is 40.5 Å². The molecule has 0 bridgehead atoms. The molecule has 0 heterocycles. The van der Waals surface area contributed by atoms with Crippen LogP contribution >= 0.6 is 34.8 Å². The minimum Gasteiger partial charge on any atom is -0.454 e. The summed E-state index contributed by atoms with van der Waals surface area (Å²) in [5.74, 6) is 0.376. The molecule has 21 heavy (non-hydrogen) atoms. The molecule has 0 N–H and O–H groups in total. The first-order chi connectivity index (χ1) is 9.92. The summed E-state index contributed by atoms with van der Waals surface area (Å²) in [6.45, 7) is 0. The molecule has 0 saturated carbocycles. The lowest BCUT2D eigenvalue weighted by Crippen LogP contribution is -1.92. The van der Waals surface area contributed by atoms with E-state index in [0.717, 1.165) is 12.1 Å². The van der Waals surface area contributed by atoms with Gasteiger partial charge in [0.1, 0.15) is 11.8 Å². The highest BCUT2D eigenvalue weighted by atomic mass is 35.5. The second-order valence-electron chi connectivity index (χ2n) is 3.85. The fourth-order valence-electron chi connectivity index (χ4n) is 1.52. The third-order valence-corrected chi connectivity index (χ3v) is 3.35. The molecule has 0 amide bonds. The molecule has 0 aliphatic heterocycles. The molecule has 0 aromatic heterocycles. The Kier molecular flexibility index (Phi) is 4.53. The number of nitriles is 1. The molecule has 106 valence electrons. The number of ether oxygens (including phenoxy) is 1. The molecule has 0 radical (unpaired) electrons. The Morgan fingerprint density at radius 3 is 2.19 bits per heavy atom. The Bertz CT molecular complexity index is 749. The third kappa shape index (κ3) is 3.37. The first-order valence-electron chi connectivity index (χ1n) is 5.43. The van der Waals surface area contributed by atoms with Crippen LogP contribution in [0.5, 0.6) is 11.5 Å². The summed E-state index contributed by atoms with van der Waals surface area (Å²) in [4.78, 5) is 10.1. The SMILES string of the molecule is N#Cc1ccc(Oc2c(Cl)cc([N+](=O)[O-])cc2Cl)cc1Cl. The van der Waals surface area contributed by atoms with Crippen LogP contribution in [0.4, 0.5) is 5.69 Å². The summed E-state index contributed by atoms with van der Waals surface area (Å²) < 4.78 is 5.47. The molecule has 5 nitrogen and oxygen atoms in total. The van der Waals surface area contributed by atoms with Gasteiger partial charge in [-0.3, -0.25) is 10.1 Å². The molecule has 0 aliphatic carbocycles. The van der Waals surface area contributed by atoms with Gasteiger partial charge in [-0.1, -0.05) is 34.8 Å². The van der Waals surface area contributed by atoms with Gasteiger partial charge in [0.2, 0.25) is 0 Å². The standard InChI is InChI=1S/C13H5Cl3N2O3/c14-10-5-9(2-1-7(10)6-17)21-13-11(15)3-8(18(19)20)4-12(13)16/h1-5H. The second-order valence-corrected chi connectivity index (χ2v) is 5.07. The second kappa shape index (κ2) is 6.19. The van der Waals surface area contributed by atoms with Crippen molar-refractivity contribution in [3.05, 3.63) is 61.1 Å². The van der Waals surface area contributed by atoms with Gasteiger partial charge >= 0.3 is 0 Å². The van der Waals surface area contributed by atoms with Gasteiger partial charge in [-0.25, -0.2) is 0 Å². The van der Waals surface area contributed by atoms with Crippen molar-refractivity contribution in [2.24, 2.45) is 0 Å². The van der Waals surface area contributed by atoms with E-state index < -0.39 is 4.92 Å². The fourth-order valence-corrected chi connectivity index (χ4v) is 2.28. The van der Waals surface area contributed by atoms with Crippen LogP contribution < -0.4 is 4.74 Å². The lowest BCUT2D eigenvalue weighted by atomic mass is 10.2. The molecule has 0 aliphatic rings. The topological polar surface area (TPSA) is 76.2 Å². The third-order valence-electron chi connectivity index (χ3n) is 2.47. The first-order valence-corrected chi connectivity index (χ1v) is 6.56. The molecule has 0 spiro atoms. The Morgan fingerprint density at radius 2 is 1.71 bits per heavy atom. The number of non-ortho nitro benzene ring substituents is 1. The first kappa shape index (κ1) is 15.4. The Hall–Kier alpha value is -2.00. The van der Waals surface area contributed by atoms with Crippen LogP contribution in [0.25, 0.3) is 0 Å². The summed E-state index contributed by atoms with van der Waals surface area (Å²) in [5.41, 5.74) is 0.0557. The summed E-state index contributed by atoms with van der Waals surface area (Å²) in [5, 5.41) is 19.7. The molecular weight excluding hydrogens is 339 g/mol. The number of nitro groups is 1. The maximum absolute atomic E-state index is 10.7. The smallest absolute Gasteiger partial charge is 0.272 e. The van der Waals surface area contributed by atoms with E-state index in [1.165, 1.54) is 18.2 Å². The van der Waals surface area contributed by atoms with Gasteiger partial charge in [0, 0.05) is 18.2 Å². The van der Waals surface area contributed by atoms with Crippen LogP contribution in [0.1, 0.15) is 5.56 Å². The van der Waals surface area contributed by atoms with E-state index >= 15 is 0 Å². The molecule has 0 atom stereocenters. The number of hydrogen-bond donors (Lipinski definition) is 0. The van der Waals surface area contributed by atoms with E-state index in [-0.39, 0.29) is 26.5 Å². The zero-order valence-corrected chi connectivity index (χ0v) is 12.4.